The van der Waals surface area contributed by atoms with Crippen molar-refractivity contribution in [1.82, 2.24) is 14.3 Å². The van der Waals surface area contributed by atoms with Gasteiger partial charge in [-0.25, -0.2) is 28.1 Å². The van der Waals surface area contributed by atoms with E-state index in [1.807, 2.05) is 11.0 Å². The van der Waals surface area contributed by atoms with Crippen molar-refractivity contribution in [2.24, 2.45) is 16.6 Å². The summed E-state index contributed by atoms with van der Waals surface area (Å²) < 4.78 is 32.5. The van der Waals surface area contributed by atoms with Crippen LogP contribution in [0.15, 0.2) is 23.5 Å². The minimum Gasteiger partial charge on any atom is -0.379 e. The molecule has 6 nitrogen and oxygen atoms in total. The van der Waals surface area contributed by atoms with Gasteiger partial charge in [0.2, 0.25) is 5.95 Å². The zero-order valence-corrected chi connectivity index (χ0v) is 15.9. The molecule has 2 atom stereocenters. The molecule has 10 heteroatoms. The average molecular weight is 396 g/mol. The van der Waals surface area contributed by atoms with Gasteiger partial charge in [-0.3, -0.25) is 0 Å². The largest absolute Gasteiger partial charge is 0.379 e. The second kappa shape index (κ2) is 6.12. The lowest BCUT2D eigenvalue weighted by atomic mass is 9.87. The van der Waals surface area contributed by atoms with Crippen LogP contribution >= 0.6 is 23.3 Å². The predicted octanol–water partition coefficient (Wildman–Crippen LogP) is 2.67. The number of aliphatic imine (C=N–C) groups is 1. The van der Waals surface area contributed by atoms with Crippen LogP contribution in [0, 0.1) is 11.7 Å². The number of nitrogens with zero attached hydrogens (tertiary/aromatic N) is 5. The number of alkyl halides is 1. The molecule has 0 aliphatic carbocycles. The lowest BCUT2D eigenvalue weighted by Gasteiger charge is -2.32. The van der Waals surface area contributed by atoms with E-state index >= 15 is 0 Å². The fourth-order valence-corrected chi connectivity index (χ4v) is 5.26. The molecule has 0 bridgehead atoms. The Morgan fingerprint density at radius 3 is 2.92 bits per heavy atom. The molecule has 1 fully saturated rings. The SMILES string of the molecule is CC(C)(F)c1nc(N2C[C@H]3CSC(N)=N[C@@]3(c3ccns3)C2)ncc1F. The van der Waals surface area contributed by atoms with Crippen LogP contribution in [0.4, 0.5) is 14.7 Å². The summed E-state index contributed by atoms with van der Waals surface area (Å²) in [5, 5.41) is 0.544. The Morgan fingerprint density at radius 2 is 2.23 bits per heavy atom. The Labute approximate surface area is 158 Å². The molecule has 1 saturated heterocycles. The predicted molar refractivity (Wildman–Crippen MR) is 99.7 cm³/mol. The smallest absolute Gasteiger partial charge is 0.225 e. The summed E-state index contributed by atoms with van der Waals surface area (Å²) in [6.45, 7) is 3.71. The van der Waals surface area contributed by atoms with Gasteiger partial charge in [-0.2, -0.15) is 0 Å². The topological polar surface area (TPSA) is 80.3 Å². The molecule has 4 rings (SSSR count). The third-order valence-corrected chi connectivity index (χ3v) is 6.60. The summed E-state index contributed by atoms with van der Waals surface area (Å²) in [6, 6.07) is 1.95. The van der Waals surface area contributed by atoms with Gasteiger partial charge in [0.25, 0.3) is 0 Å². The van der Waals surface area contributed by atoms with Crippen molar-refractivity contribution >= 4 is 34.4 Å². The summed E-state index contributed by atoms with van der Waals surface area (Å²) in [5.74, 6) is 0.569. The number of amidine groups is 1. The van der Waals surface area contributed by atoms with Crippen LogP contribution < -0.4 is 10.6 Å². The highest BCUT2D eigenvalue weighted by Gasteiger charge is 2.51. The third kappa shape index (κ3) is 2.84. The van der Waals surface area contributed by atoms with Crippen molar-refractivity contribution in [3.63, 3.8) is 0 Å². The van der Waals surface area contributed by atoms with E-state index < -0.39 is 17.0 Å². The summed E-state index contributed by atoms with van der Waals surface area (Å²) in [7, 11) is 0. The molecule has 4 heterocycles. The maximum Gasteiger partial charge on any atom is 0.225 e. The lowest BCUT2D eigenvalue weighted by Crippen LogP contribution is -2.39. The molecule has 0 saturated carbocycles. The first-order chi connectivity index (χ1) is 12.3. The highest BCUT2D eigenvalue weighted by atomic mass is 32.2. The molecular weight excluding hydrogens is 378 g/mol. The van der Waals surface area contributed by atoms with Crippen molar-refractivity contribution < 1.29 is 8.78 Å². The van der Waals surface area contributed by atoms with Crippen molar-refractivity contribution in [3.05, 3.63) is 34.8 Å². The molecule has 2 aromatic heterocycles. The van der Waals surface area contributed by atoms with Gasteiger partial charge in [0.15, 0.2) is 11.0 Å². The van der Waals surface area contributed by atoms with Gasteiger partial charge >= 0.3 is 0 Å². The number of anilines is 1. The van der Waals surface area contributed by atoms with Crippen LogP contribution in [0.2, 0.25) is 0 Å². The number of hydrogen-bond donors (Lipinski definition) is 1. The van der Waals surface area contributed by atoms with E-state index in [9.17, 15) is 8.78 Å². The molecule has 0 spiro atoms. The number of halogens is 2. The summed E-state index contributed by atoms with van der Waals surface area (Å²) >= 11 is 2.92. The van der Waals surface area contributed by atoms with Gasteiger partial charge < -0.3 is 10.6 Å². The molecule has 2 aliphatic rings. The Kier molecular flexibility index (Phi) is 4.14. The van der Waals surface area contributed by atoms with Gasteiger partial charge in [0.1, 0.15) is 16.9 Å². The van der Waals surface area contributed by atoms with Gasteiger partial charge in [-0.05, 0) is 31.4 Å². The van der Waals surface area contributed by atoms with E-state index in [1.165, 1.54) is 37.1 Å². The second-order valence-corrected chi connectivity index (χ2v) is 8.85. The van der Waals surface area contributed by atoms with Gasteiger partial charge in [0.05, 0.1) is 17.6 Å². The summed E-state index contributed by atoms with van der Waals surface area (Å²) in [5.41, 5.74) is 3.38. The fraction of sp³-hybridized carbons (Fsp3) is 0.500. The summed E-state index contributed by atoms with van der Waals surface area (Å²) in [4.78, 5) is 16.0. The minimum atomic E-state index is -1.89. The number of hydrogen-bond acceptors (Lipinski definition) is 8. The molecule has 0 radical (unpaired) electrons. The molecular formula is C16H18F2N6S2. The maximum atomic E-state index is 14.3. The lowest BCUT2D eigenvalue weighted by molar-refractivity contribution is 0.205. The quantitative estimate of drug-likeness (QED) is 0.859. The first kappa shape index (κ1) is 17.6. The average Bonchev–Trinajstić information content (AvgIpc) is 3.22. The van der Waals surface area contributed by atoms with Crippen LogP contribution in [0.1, 0.15) is 24.4 Å². The number of aromatic nitrogens is 3. The molecule has 2 aromatic rings. The maximum absolute atomic E-state index is 14.3. The molecule has 0 aromatic carbocycles. The number of rotatable bonds is 3. The fourth-order valence-electron chi connectivity index (χ4n) is 3.49. The van der Waals surface area contributed by atoms with Gasteiger partial charge in [-0.15, -0.1) is 0 Å². The number of nitrogens with two attached hydrogens (primary N) is 1. The van der Waals surface area contributed by atoms with Crippen molar-refractivity contribution in [2.75, 3.05) is 23.7 Å². The zero-order chi connectivity index (χ0) is 18.5. The number of thioether (sulfide) groups is 1. The van der Waals surface area contributed by atoms with Crippen LogP contribution in [0.3, 0.4) is 0 Å². The first-order valence-corrected chi connectivity index (χ1v) is 9.92. The molecule has 26 heavy (non-hydrogen) atoms. The van der Waals surface area contributed by atoms with E-state index in [1.54, 1.807) is 6.20 Å². The Morgan fingerprint density at radius 1 is 1.42 bits per heavy atom. The molecule has 0 unspecified atom stereocenters. The van der Waals surface area contributed by atoms with E-state index in [-0.39, 0.29) is 11.6 Å². The van der Waals surface area contributed by atoms with Crippen LogP contribution in [-0.4, -0.2) is 38.4 Å². The number of fused-ring (bicyclic) bond motifs is 1. The van der Waals surface area contributed by atoms with Crippen molar-refractivity contribution in [2.45, 2.75) is 25.1 Å². The highest BCUT2D eigenvalue weighted by molar-refractivity contribution is 8.13. The van der Waals surface area contributed by atoms with Crippen LogP contribution in [0.25, 0.3) is 0 Å². The molecule has 138 valence electrons. The van der Waals surface area contributed by atoms with Crippen LogP contribution in [0.5, 0.6) is 0 Å². The Balaban J connectivity index is 1.74. The molecule has 2 aliphatic heterocycles. The van der Waals surface area contributed by atoms with E-state index in [0.29, 0.717) is 24.2 Å². The third-order valence-electron chi connectivity index (χ3n) is 4.73. The Hall–Kier alpha value is -1.81. The second-order valence-electron chi connectivity index (χ2n) is 6.98. The highest BCUT2D eigenvalue weighted by Crippen LogP contribution is 2.47. The monoisotopic (exact) mass is 396 g/mol. The minimum absolute atomic E-state index is 0.190. The van der Waals surface area contributed by atoms with Gasteiger partial charge in [-0.1, -0.05) is 11.8 Å². The van der Waals surface area contributed by atoms with E-state index in [0.717, 1.165) is 16.8 Å². The van der Waals surface area contributed by atoms with E-state index in [4.69, 9.17) is 10.7 Å². The zero-order valence-electron chi connectivity index (χ0n) is 14.3. The normalized spacial score (nSPS) is 25.9. The molecule has 2 N–H and O–H groups in total. The molecule has 0 amide bonds. The summed E-state index contributed by atoms with van der Waals surface area (Å²) in [6.07, 6.45) is 2.78. The van der Waals surface area contributed by atoms with Crippen LogP contribution in [-0.2, 0) is 11.2 Å². The standard InChI is InChI=1S/C16H18F2N6S2/c1-15(2,18)12-10(17)5-20-14(22-12)24-6-9-7-25-13(19)23-16(9,8-24)11-3-4-21-26-11/h3-5,9H,6-8H2,1-2H3,(H2,19,23)/t9-,16-/m0/s1. The van der Waals surface area contributed by atoms with Gasteiger partial charge in [0, 0.05) is 24.4 Å². The van der Waals surface area contributed by atoms with E-state index in [2.05, 4.69) is 14.3 Å². The Bertz CT molecular complexity index is 851. The van der Waals surface area contributed by atoms with Crippen molar-refractivity contribution in [3.8, 4) is 0 Å². The first-order valence-electron chi connectivity index (χ1n) is 8.16. The van der Waals surface area contributed by atoms with Crippen molar-refractivity contribution in [1.29, 1.82) is 0 Å².